The third-order valence-electron chi connectivity index (χ3n) is 3.23. The van der Waals surface area contributed by atoms with Gasteiger partial charge in [-0.3, -0.25) is 10.1 Å². The van der Waals surface area contributed by atoms with Gasteiger partial charge in [0.05, 0.1) is 11.5 Å². The van der Waals surface area contributed by atoms with Gasteiger partial charge in [0, 0.05) is 31.0 Å². The molecule has 1 N–H and O–H groups in total. The second-order valence-electron chi connectivity index (χ2n) is 4.94. The molecule has 0 fully saturated rings. The van der Waals surface area contributed by atoms with Gasteiger partial charge in [0.2, 0.25) is 0 Å². The van der Waals surface area contributed by atoms with Crippen LogP contribution in [0.1, 0.15) is 12.0 Å². The van der Waals surface area contributed by atoms with E-state index < -0.39 is 4.92 Å². The topological polar surface area (TPSA) is 64.4 Å². The molecule has 2 aromatic carbocycles. The summed E-state index contributed by atoms with van der Waals surface area (Å²) in [6.45, 7) is 2.11. The van der Waals surface area contributed by atoms with Crippen molar-refractivity contribution >= 4 is 11.4 Å². The highest BCUT2D eigenvalue weighted by atomic mass is 16.6. The zero-order valence-corrected chi connectivity index (χ0v) is 12.4. The van der Waals surface area contributed by atoms with Crippen LogP contribution in [0.3, 0.4) is 0 Å². The van der Waals surface area contributed by atoms with E-state index in [2.05, 4.69) is 17.4 Å². The summed E-state index contributed by atoms with van der Waals surface area (Å²) in [6.07, 6.45) is 1.77. The van der Waals surface area contributed by atoms with Crippen molar-refractivity contribution < 1.29 is 9.66 Å². The van der Waals surface area contributed by atoms with Crippen molar-refractivity contribution in [1.82, 2.24) is 0 Å². The maximum Gasteiger partial charge on any atom is 0.271 e. The average molecular weight is 300 g/mol. The molecule has 0 atom stereocenters. The van der Waals surface area contributed by atoms with Crippen molar-refractivity contribution in [2.24, 2.45) is 0 Å². The van der Waals surface area contributed by atoms with Gasteiger partial charge in [0.1, 0.15) is 0 Å². The molecule has 22 heavy (non-hydrogen) atoms. The quantitative estimate of drug-likeness (QED) is 0.436. The second kappa shape index (κ2) is 8.79. The molecule has 116 valence electrons. The lowest BCUT2D eigenvalue weighted by Gasteiger charge is -2.07. The van der Waals surface area contributed by atoms with Crippen LogP contribution in [0.15, 0.2) is 54.6 Å². The van der Waals surface area contributed by atoms with Crippen LogP contribution in [0.5, 0.6) is 0 Å². The Bertz CT molecular complexity index is 587. The molecular weight excluding hydrogens is 280 g/mol. The van der Waals surface area contributed by atoms with Crippen LogP contribution >= 0.6 is 0 Å². The fourth-order valence-electron chi connectivity index (χ4n) is 2.07. The zero-order valence-electron chi connectivity index (χ0n) is 12.4. The number of hydrogen-bond acceptors (Lipinski definition) is 4. The summed E-state index contributed by atoms with van der Waals surface area (Å²) in [5.74, 6) is 0. The summed E-state index contributed by atoms with van der Waals surface area (Å²) in [5, 5.41) is 13.8. The molecule has 0 unspecified atom stereocenters. The predicted molar refractivity (Wildman–Crippen MR) is 87.2 cm³/mol. The Labute approximate surface area is 130 Å². The minimum absolute atomic E-state index is 0.101. The van der Waals surface area contributed by atoms with Gasteiger partial charge in [-0.1, -0.05) is 36.4 Å². The minimum Gasteiger partial charge on any atom is -0.385 e. The standard InChI is InChI=1S/C17H20N2O3/c20-19(21)17-9-4-8-16(14-17)18-11-5-12-22-13-10-15-6-2-1-3-7-15/h1-4,6-9,14,18H,5,10-13H2. The van der Waals surface area contributed by atoms with Crippen molar-refractivity contribution in [3.8, 4) is 0 Å². The van der Waals surface area contributed by atoms with Gasteiger partial charge in [0.25, 0.3) is 5.69 Å². The molecule has 2 rings (SSSR count). The van der Waals surface area contributed by atoms with Crippen LogP contribution < -0.4 is 5.32 Å². The van der Waals surface area contributed by atoms with E-state index in [4.69, 9.17) is 4.74 Å². The zero-order chi connectivity index (χ0) is 15.6. The Kier molecular flexibility index (Phi) is 6.39. The van der Waals surface area contributed by atoms with Crippen LogP contribution in [0.25, 0.3) is 0 Å². The van der Waals surface area contributed by atoms with Crippen molar-refractivity contribution in [1.29, 1.82) is 0 Å². The highest BCUT2D eigenvalue weighted by molar-refractivity contribution is 5.50. The summed E-state index contributed by atoms with van der Waals surface area (Å²) in [4.78, 5) is 10.3. The number of nitrogens with zero attached hydrogens (tertiary/aromatic N) is 1. The molecule has 0 amide bonds. The molecule has 0 spiro atoms. The van der Waals surface area contributed by atoms with Gasteiger partial charge < -0.3 is 10.1 Å². The van der Waals surface area contributed by atoms with Crippen LogP contribution in [-0.4, -0.2) is 24.7 Å². The summed E-state index contributed by atoms with van der Waals surface area (Å²) in [6, 6.07) is 16.8. The molecule has 5 heteroatoms. The molecule has 2 aromatic rings. The number of ether oxygens (including phenoxy) is 1. The smallest absolute Gasteiger partial charge is 0.271 e. The molecule has 0 radical (unpaired) electrons. The number of nitro benzene ring substituents is 1. The second-order valence-corrected chi connectivity index (χ2v) is 4.94. The molecule has 0 heterocycles. The highest BCUT2D eigenvalue weighted by Crippen LogP contribution is 2.16. The lowest BCUT2D eigenvalue weighted by Crippen LogP contribution is -2.07. The Morgan fingerprint density at radius 2 is 1.86 bits per heavy atom. The third-order valence-corrected chi connectivity index (χ3v) is 3.23. The first-order valence-electron chi connectivity index (χ1n) is 7.36. The number of non-ortho nitro benzene ring substituents is 1. The summed E-state index contributed by atoms with van der Waals surface area (Å²) >= 11 is 0. The summed E-state index contributed by atoms with van der Waals surface area (Å²) in [7, 11) is 0. The van der Waals surface area contributed by atoms with Gasteiger partial charge in [-0.2, -0.15) is 0 Å². The molecule has 0 bridgehead atoms. The van der Waals surface area contributed by atoms with Gasteiger partial charge in [-0.05, 0) is 24.5 Å². The first-order valence-corrected chi connectivity index (χ1v) is 7.36. The molecule has 5 nitrogen and oxygen atoms in total. The number of nitrogens with one attached hydrogen (secondary N) is 1. The Balaban J connectivity index is 1.58. The maximum absolute atomic E-state index is 10.7. The molecule has 0 saturated heterocycles. The molecule has 0 aliphatic rings. The molecular formula is C17H20N2O3. The third kappa shape index (κ3) is 5.54. The van der Waals surface area contributed by atoms with Crippen molar-refractivity contribution in [3.63, 3.8) is 0 Å². The predicted octanol–water partition coefficient (Wildman–Crippen LogP) is 3.66. The molecule has 0 saturated carbocycles. The van der Waals surface area contributed by atoms with Crippen LogP contribution in [0.2, 0.25) is 0 Å². The lowest BCUT2D eigenvalue weighted by atomic mass is 10.2. The monoisotopic (exact) mass is 300 g/mol. The fourth-order valence-corrected chi connectivity index (χ4v) is 2.07. The van der Waals surface area contributed by atoms with E-state index in [-0.39, 0.29) is 5.69 Å². The largest absolute Gasteiger partial charge is 0.385 e. The Morgan fingerprint density at radius 3 is 2.64 bits per heavy atom. The van der Waals surface area contributed by atoms with Crippen molar-refractivity contribution in [2.75, 3.05) is 25.1 Å². The van der Waals surface area contributed by atoms with Crippen LogP contribution in [0, 0.1) is 10.1 Å². The number of benzene rings is 2. The van der Waals surface area contributed by atoms with Crippen molar-refractivity contribution in [2.45, 2.75) is 12.8 Å². The van der Waals surface area contributed by atoms with Gasteiger partial charge in [0.15, 0.2) is 0 Å². The number of rotatable bonds is 9. The highest BCUT2D eigenvalue weighted by Gasteiger charge is 2.04. The molecule has 0 aromatic heterocycles. The number of nitro groups is 1. The van der Waals surface area contributed by atoms with E-state index in [1.807, 2.05) is 24.3 Å². The van der Waals surface area contributed by atoms with E-state index in [0.29, 0.717) is 13.2 Å². The number of anilines is 1. The Hall–Kier alpha value is -2.40. The SMILES string of the molecule is O=[N+]([O-])c1cccc(NCCCOCCc2ccccc2)c1. The first kappa shape index (κ1) is 16.0. The van der Waals surface area contributed by atoms with Crippen LogP contribution in [0.4, 0.5) is 11.4 Å². The van der Waals surface area contributed by atoms with Gasteiger partial charge in [-0.15, -0.1) is 0 Å². The maximum atomic E-state index is 10.7. The van der Waals surface area contributed by atoms with Crippen molar-refractivity contribution in [3.05, 3.63) is 70.3 Å². The lowest BCUT2D eigenvalue weighted by molar-refractivity contribution is -0.384. The normalized spacial score (nSPS) is 10.4. The van der Waals surface area contributed by atoms with E-state index >= 15 is 0 Å². The first-order chi connectivity index (χ1) is 10.8. The fraction of sp³-hybridized carbons (Fsp3) is 0.294. The van der Waals surface area contributed by atoms with Gasteiger partial charge in [-0.25, -0.2) is 0 Å². The van der Waals surface area contributed by atoms with Gasteiger partial charge >= 0.3 is 0 Å². The molecule has 0 aliphatic heterocycles. The number of hydrogen-bond donors (Lipinski definition) is 1. The van der Waals surface area contributed by atoms with E-state index in [1.165, 1.54) is 17.7 Å². The van der Waals surface area contributed by atoms with E-state index in [9.17, 15) is 10.1 Å². The Morgan fingerprint density at radius 1 is 1.05 bits per heavy atom. The van der Waals surface area contributed by atoms with E-state index in [0.717, 1.165) is 25.1 Å². The van der Waals surface area contributed by atoms with Crippen LogP contribution in [-0.2, 0) is 11.2 Å². The molecule has 0 aliphatic carbocycles. The summed E-state index contributed by atoms with van der Waals surface area (Å²) < 4.78 is 5.59. The summed E-state index contributed by atoms with van der Waals surface area (Å²) in [5.41, 5.74) is 2.14. The minimum atomic E-state index is -0.391. The van der Waals surface area contributed by atoms with E-state index in [1.54, 1.807) is 6.07 Å². The average Bonchev–Trinajstić information content (AvgIpc) is 2.55.